The molecule has 1 heterocycles. The van der Waals surface area contributed by atoms with E-state index < -0.39 is 0 Å². The van der Waals surface area contributed by atoms with Crippen LogP contribution in [0.4, 0.5) is 5.82 Å². The summed E-state index contributed by atoms with van der Waals surface area (Å²) in [6, 6.07) is 11.7. The Balaban J connectivity index is 2.09. The number of benzene rings is 1. The molecular weight excluding hydrogens is 262 g/mol. The van der Waals surface area contributed by atoms with Crippen LogP contribution in [0, 0.1) is 6.92 Å². The predicted octanol–water partition coefficient (Wildman–Crippen LogP) is 2.95. The molecule has 1 amide bonds. The normalized spacial score (nSPS) is 11.8. The smallest absolute Gasteiger partial charge is 0.253 e. The fourth-order valence-electron chi connectivity index (χ4n) is 2.22. The largest absolute Gasteiger partial charge is 0.363 e. The van der Waals surface area contributed by atoms with Crippen LogP contribution < -0.4 is 10.2 Å². The molecule has 2 aromatic rings. The van der Waals surface area contributed by atoms with Gasteiger partial charge in [-0.25, -0.2) is 4.98 Å². The summed E-state index contributed by atoms with van der Waals surface area (Å²) in [5, 5.41) is 3.01. The molecule has 0 unspecified atom stereocenters. The summed E-state index contributed by atoms with van der Waals surface area (Å²) in [7, 11) is 3.84. The van der Waals surface area contributed by atoms with Crippen LogP contribution in [0.25, 0.3) is 0 Å². The Morgan fingerprint density at radius 1 is 1.19 bits per heavy atom. The van der Waals surface area contributed by atoms with Gasteiger partial charge in [-0.05, 0) is 37.1 Å². The predicted molar refractivity (Wildman–Crippen MR) is 85.6 cm³/mol. The summed E-state index contributed by atoms with van der Waals surface area (Å²) >= 11 is 0. The Bertz CT molecular complexity index is 620. The first-order valence-corrected chi connectivity index (χ1v) is 6.99. The molecule has 21 heavy (non-hydrogen) atoms. The highest BCUT2D eigenvalue weighted by Crippen LogP contribution is 2.17. The van der Waals surface area contributed by atoms with Gasteiger partial charge in [0.1, 0.15) is 5.82 Å². The molecule has 1 aromatic carbocycles. The number of nitrogens with zero attached hydrogens (tertiary/aromatic N) is 2. The number of amides is 1. The van der Waals surface area contributed by atoms with Crippen molar-refractivity contribution in [3.63, 3.8) is 0 Å². The lowest BCUT2D eigenvalue weighted by Gasteiger charge is -2.17. The number of anilines is 1. The summed E-state index contributed by atoms with van der Waals surface area (Å²) in [4.78, 5) is 18.4. The molecule has 0 aliphatic rings. The molecule has 1 N–H and O–H groups in total. The van der Waals surface area contributed by atoms with E-state index in [4.69, 9.17) is 0 Å². The Morgan fingerprint density at radius 3 is 2.48 bits per heavy atom. The molecule has 0 saturated carbocycles. The second-order valence-corrected chi connectivity index (χ2v) is 5.35. The zero-order valence-corrected chi connectivity index (χ0v) is 12.9. The molecule has 0 radical (unpaired) electrons. The van der Waals surface area contributed by atoms with Crippen LogP contribution in [0.15, 0.2) is 42.6 Å². The van der Waals surface area contributed by atoms with Crippen molar-refractivity contribution in [2.75, 3.05) is 19.0 Å². The molecule has 2 rings (SSSR count). The van der Waals surface area contributed by atoms with Gasteiger partial charge in [0.25, 0.3) is 5.91 Å². The second-order valence-electron chi connectivity index (χ2n) is 5.35. The van der Waals surface area contributed by atoms with Gasteiger partial charge in [-0.15, -0.1) is 0 Å². The fourth-order valence-corrected chi connectivity index (χ4v) is 2.22. The van der Waals surface area contributed by atoms with Crippen LogP contribution in [0.5, 0.6) is 0 Å². The fraction of sp³-hybridized carbons (Fsp3) is 0.294. The topological polar surface area (TPSA) is 45.2 Å². The molecule has 1 aromatic heterocycles. The number of nitrogens with one attached hydrogen (secondary N) is 1. The van der Waals surface area contributed by atoms with E-state index in [1.165, 1.54) is 5.56 Å². The van der Waals surface area contributed by atoms with Crippen molar-refractivity contribution >= 4 is 11.7 Å². The Labute approximate surface area is 125 Å². The van der Waals surface area contributed by atoms with E-state index in [1.807, 2.05) is 63.2 Å². The molecule has 0 bridgehead atoms. The maximum absolute atomic E-state index is 12.3. The van der Waals surface area contributed by atoms with Gasteiger partial charge >= 0.3 is 0 Å². The van der Waals surface area contributed by atoms with Crippen LogP contribution in [0.1, 0.15) is 34.5 Å². The van der Waals surface area contributed by atoms with E-state index in [0.29, 0.717) is 5.56 Å². The molecular formula is C17H21N3O. The first-order chi connectivity index (χ1) is 9.99. The molecule has 0 aliphatic carbocycles. The molecule has 4 nitrogen and oxygen atoms in total. The second kappa shape index (κ2) is 6.39. The highest BCUT2D eigenvalue weighted by molar-refractivity contribution is 5.94. The first-order valence-electron chi connectivity index (χ1n) is 6.99. The molecule has 1 atom stereocenters. The minimum Gasteiger partial charge on any atom is -0.363 e. The molecule has 110 valence electrons. The monoisotopic (exact) mass is 283 g/mol. The molecule has 0 fully saturated rings. The lowest BCUT2D eigenvalue weighted by molar-refractivity contribution is 0.0939. The third kappa shape index (κ3) is 3.60. The minimum absolute atomic E-state index is 0.0350. The van der Waals surface area contributed by atoms with Gasteiger partial charge in [-0.2, -0.15) is 0 Å². The average Bonchev–Trinajstić information content (AvgIpc) is 2.47. The number of rotatable bonds is 4. The molecule has 0 aliphatic heterocycles. The van der Waals surface area contributed by atoms with Crippen LogP contribution in [0.2, 0.25) is 0 Å². The van der Waals surface area contributed by atoms with Crippen molar-refractivity contribution in [3.05, 3.63) is 59.3 Å². The minimum atomic E-state index is -0.108. The SMILES string of the molecule is Cc1ccccc1[C@@H](C)NC(=O)c1ccc(N(C)C)nc1. The van der Waals surface area contributed by atoms with Crippen LogP contribution >= 0.6 is 0 Å². The van der Waals surface area contributed by atoms with E-state index in [2.05, 4.69) is 10.3 Å². The summed E-state index contributed by atoms with van der Waals surface area (Å²) < 4.78 is 0. The molecule has 4 heteroatoms. The van der Waals surface area contributed by atoms with Crippen LogP contribution in [-0.4, -0.2) is 25.0 Å². The van der Waals surface area contributed by atoms with Gasteiger partial charge in [0, 0.05) is 20.3 Å². The van der Waals surface area contributed by atoms with Gasteiger partial charge < -0.3 is 10.2 Å². The number of aromatic nitrogens is 1. The third-order valence-corrected chi connectivity index (χ3v) is 3.47. The third-order valence-electron chi connectivity index (χ3n) is 3.47. The number of carbonyl (C=O) groups is 1. The average molecular weight is 283 g/mol. The van der Waals surface area contributed by atoms with Crippen molar-refractivity contribution in [1.29, 1.82) is 0 Å². The van der Waals surface area contributed by atoms with E-state index in [9.17, 15) is 4.79 Å². The van der Waals surface area contributed by atoms with Gasteiger partial charge in [0.05, 0.1) is 11.6 Å². The maximum Gasteiger partial charge on any atom is 0.253 e. The molecule has 0 saturated heterocycles. The van der Waals surface area contributed by atoms with Crippen molar-refractivity contribution in [2.45, 2.75) is 19.9 Å². The number of aryl methyl sites for hydroxylation is 1. The maximum atomic E-state index is 12.3. The van der Waals surface area contributed by atoms with E-state index in [0.717, 1.165) is 11.4 Å². The number of hydrogen-bond acceptors (Lipinski definition) is 3. The summed E-state index contributed by atoms with van der Waals surface area (Å²) in [6.45, 7) is 4.03. The number of carbonyl (C=O) groups excluding carboxylic acids is 1. The van der Waals surface area contributed by atoms with Gasteiger partial charge in [0.2, 0.25) is 0 Å². The van der Waals surface area contributed by atoms with Gasteiger partial charge in [0.15, 0.2) is 0 Å². The molecule has 0 spiro atoms. The Hall–Kier alpha value is -2.36. The van der Waals surface area contributed by atoms with Crippen LogP contribution in [0.3, 0.4) is 0 Å². The zero-order chi connectivity index (χ0) is 15.4. The van der Waals surface area contributed by atoms with Crippen LogP contribution in [-0.2, 0) is 0 Å². The van der Waals surface area contributed by atoms with Gasteiger partial charge in [-0.3, -0.25) is 4.79 Å². The number of hydrogen-bond donors (Lipinski definition) is 1. The summed E-state index contributed by atoms with van der Waals surface area (Å²) in [6.07, 6.45) is 1.61. The highest BCUT2D eigenvalue weighted by Gasteiger charge is 2.13. The lowest BCUT2D eigenvalue weighted by atomic mass is 10.0. The zero-order valence-electron chi connectivity index (χ0n) is 12.9. The van der Waals surface area contributed by atoms with Crippen molar-refractivity contribution in [1.82, 2.24) is 10.3 Å². The van der Waals surface area contributed by atoms with Crippen molar-refractivity contribution in [2.24, 2.45) is 0 Å². The highest BCUT2D eigenvalue weighted by atomic mass is 16.1. The summed E-state index contributed by atoms with van der Waals surface area (Å²) in [5.41, 5.74) is 2.87. The van der Waals surface area contributed by atoms with Crippen molar-refractivity contribution in [3.8, 4) is 0 Å². The quantitative estimate of drug-likeness (QED) is 0.938. The van der Waals surface area contributed by atoms with Gasteiger partial charge in [-0.1, -0.05) is 24.3 Å². The Kier molecular flexibility index (Phi) is 4.58. The lowest BCUT2D eigenvalue weighted by Crippen LogP contribution is -2.27. The summed E-state index contributed by atoms with van der Waals surface area (Å²) in [5.74, 6) is 0.724. The number of pyridine rings is 1. The van der Waals surface area contributed by atoms with Crippen molar-refractivity contribution < 1.29 is 4.79 Å². The van der Waals surface area contributed by atoms with E-state index in [-0.39, 0.29) is 11.9 Å². The Morgan fingerprint density at radius 2 is 1.90 bits per heavy atom. The first kappa shape index (κ1) is 15.0. The van der Waals surface area contributed by atoms with E-state index >= 15 is 0 Å². The standard InChI is InChI=1S/C17H21N3O/c1-12-7-5-6-8-15(12)13(2)19-17(21)14-9-10-16(18-11-14)20(3)4/h5-11,13H,1-4H3,(H,19,21)/t13-/m1/s1. The van der Waals surface area contributed by atoms with E-state index in [1.54, 1.807) is 12.3 Å².